The Morgan fingerprint density at radius 2 is 1.46 bits per heavy atom. The Kier molecular flexibility index (Phi) is 5.56. The molecule has 1 fully saturated rings. The number of ether oxygens (including phenoxy) is 1. The number of nitrogens with one attached hydrogen (secondary N) is 1. The van der Waals surface area contributed by atoms with Gasteiger partial charge < -0.3 is 20.0 Å². The molecule has 0 aliphatic heterocycles. The highest BCUT2D eigenvalue weighted by molar-refractivity contribution is 5.95. The van der Waals surface area contributed by atoms with Gasteiger partial charge in [-0.2, -0.15) is 0 Å². The molecule has 2 aromatic carbocycles. The third-order valence-corrected chi connectivity index (χ3v) is 4.78. The lowest BCUT2D eigenvalue weighted by atomic mass is 9.78. The minimum absolute atomic E-state index is 0.258. The Bertz CT molecular complexity index is 768. The summed E-state index contributed by atoms with van der Waals surface area (Å²) in [6.07, 6.45) is 2.78. The minimum Gasteiger partial charge on any atom is -0.550 e. The molecule has 0 spiro atoms. The minimum atomic E-state index is -1.13. The smallest absolute Gasteiger partial charge is 0.228 e. The summed E-state index contributed by atoms with van der Waals surface area (Å²) in [6.45, 7) is 2.01. The van der Waals surface area contributed by atoms with E-state index in [1.807, 2.05) is 31.2 Å². The van der Waals surface area contributed by atoms with E-state index in [-0.39, 0.29) is 5.91 Å². The zero-order chi connectivity index (χ0) is 18.5. The molecule has 0 heterocycles. The molecule has 2 atom stereocenters. The van der Waals surface area contributed by atoms with Crippen molar-refractivity contribution >= 4 is 17.6 Å². The van der Waals surface area contributed by atoms with Crippen LogP contribution in [0.25, 0.3) is 0 Å². The maximum atomic E-state index is 12.5. The number of hydrogen-bond acceptors (Lipinski definition) is 4. The summed E-state index contributed by atoms with van der Waals surface area (Å²) in [5.74, 6) is -1.22. The third kappa shape index (κ3) is 4.42. The van der Waals surface area contributed by atoms with Gasteiger partial charge in [-0.25, -0.2) is 0 Å². The van der Waals surface area contributed by atoms with Crippen molar-refractivity contribution in [3.8, 4) is 11.5 Å². The zero-order valence-electron chi connectivity index (χ0n) is 14.7. The number of anilines is 1. The Hall–Kier alpha value is -2.82. The van der Waals surface area contributed by atoms with Crippen molar-refractivity contribution in [1.29, 1.82) is 0 Å². The van der Waals surface area contributed by atoms with Gasteiger partial charge in [-0.05, 0) is 56.2 Å². The standard InChI is InChI=1S/C21H23NO4/c1-14-6-10-16(11-7-14)26-17-12-8-15(9-13-17)22-20(23)18-4-2-3-5-19(18)21(24)25/h6-13,18-19H,2-5H2,1H3,(H,22,23)(H,24,25)/p-1/t18-,19+/m1/s1. The van der Waals surface area contributed by atoms with Gasteiger partial charge in [0.25, 0.3) is 0 Å². The molecular formula is C21H22NO4-. The highest BCUT2D eigenvalue weighted by Gasteiger charge is 2.31. The molecule has 1 N–H and O–H groups in total. The van der Waals surface area contributed by atoms with E-state index in [0.717, 1.165) is 24.2 Å². The summed E-state index contributed by atoms with van der Waals surface area (Å²) in [7, 11) is 0. The molecular weight excluding hydrogens is 330 g/mol. The number of aryl methyl sites for hydroxylation is 1. The lowest BCUT2D eigenvalue weighted by Crippen LogP contribution is -2.42. The monoisotopic (exact) mass is 352 g/mol. The molecule has 0 aromatic heterocycles. The molecule has 0 radical (unpaired) electrons. The van der Waals surface area contributed by atoms with E-state index in [9.17, 15) is 14.7 Å². The van der Waals surface area contributed by atoms with Crippen LogP contribution in [0.15, 0.2) is 48.5 Å². The predicted molar refractivity (Wildman–Crippen MR) is 96.8 cm³/mol. The van der Waals surface area contributed by atoms with Crippen LogP contribution in [-0.2, 0) is 9.59 Å². The quantitative estimate of drug-likeness (QED) is 0.896. The maximum absolute atomic E-state index is 12.5. The summed E-state index contributed by atoms with van der Waals surface area (Å²) in [5, 5.41) is 14.1. The van der Waals surface area contributed by atoms with E-state index in [0.29, 0.717) is 24.3 Å². The van der Waals surface area contributed by atoms with Crippen LogP contribution in [-0.4, -0.2) is 11.9 Å². The first-order chi connectivity index (χ1) is 12.5. The molecule has 0 saturated heterocycles. The Labute approximate surface area is 153 Å². The number of benzene rings is 2. The fourth-order valence-electron chi connectivity index (χ4n) is 3.31. The molecule has 5 nitrogen and oxygen atoms in total. The molecule has 1 aliphatic rings. The molecule has 3 rings (SSSR count). The van der Waals surface area contributed by atoms with Crippen molar-refractivity contribution in [3.63, 3.8) is 0 Å². The number of amides is 1. The van der Waals surface area contributed by atoms with Crippen LogP contribution in [0.5, 0.6) is 11.5 Å². The zero-order valence-corrected chi connectivity index (χ0v) is 14.7. The van der Waals surface area contributed by atoms with Crippen LogP contribution in [0.4, 0.5) is 5.69 Å². The van der Waals surface area contributed by atoms with Crippen LogP contribution in [0, 0.1) is 18.8 Å². The van der Waals surface area contributed by atoms with Crippen LogP contribution in [0.1, 0.15) is 31.2 Å². The van der Waals surface area contributed by atoms with Gasteiger partial charge in [0.15, 0.2) is 0 Å². The van der Waals surface area contributed by atoms with Crippen LogP contribution >= 0.6 is 0 Å². The Balaban J connectivity index is 1.62. The van der Waals surface area contributed by atoms with Crippen LogP contribution < -0.4 is 15.2 Å². The van der Waals surface area contributed by atoms with Crippen molar-refractivity contribution in [3.05, 3.63) is 54.1 Å². The lowest BCUT2D eigenvalue weighted by molar-refractivity contribution is -0.313. The lowest BCUT2D eigenvalue weighted by Gasteiger charge is -2.31. The van der Waals surface area contributed by atoms with E-state index >= 15 is 0 Å². The third-order valence-electron chi connectivity index (χ3n) is 4.78. The number of hydrogen-bond donors (Lipinski definition) is 1. The summed E-state index contributed by atoms with van der Waals surface area (Å²) in [5.41, 5.74) is 1.78. The van der Waals surface area contributed by atoms with Crippen molar-refractivity contribution in [2.45, 2.75) is 32.6 Å². The van der Waals surface area contributed by atoms with Gasteiger partial charge in [-0.1, -0.05) is 30.5 Å². The van der Waals surface area contributed by atoms with Gasteiger partial charge in [-0.15, -0.1) is 0 Å². The first-order valence-corrected chi connectivity index (χ1v) is 8.89. The van der Waals surface area contributed by atoms with E-state index in [4.69, 9.17) is 4.74 Å². The number of rotatable bonds is 5. The molecule has 1 aliphatic carbocycles. The predicted octanol–water partition coefficient (Wildman–Crippen LogP) is 3.28. The number of carboxylic acids is 1. The van der Waals surface area contributed by atoms with Gasteiger partial charge in [0.1, 0.15) is 11.5 Å². The molecule has 2 aromatic rings. The average molecular weight is 352 g/mol. The van der Waals surface area contributed by atoms with Crippen molar-refractivity contribution in [2.24, 2.45) is 11.8 Å². The van der Waals surface area contributed by atoms with E-state index < -0.39 is 17.8 Å². The van der Waals surface area contributed by atoms with E-state index in [2.05, 4.69) is 5.32 Å². The highest BCUT2D eigenvalue weighted by atomic mass is 16.5. The maximum Gasteiger partial charge on any atom is 0.228 e. The molecule has 1 amide bonds. The van der Waals surface area contributed by atoms with E-state index in [1.54, 1.807) is 24.3 Å². The van der Waals surface area contributed by atoms with Gasteiger partial charge in [-0.3, -0.25) is 4.79 Å². The van der Waals surface area contributed by atoms with Crippen LogP contribution in [0.2, 0.25) is 0 Å². The first kappa shape index (κ1) is 18.0. The Morgan fingerprint density at radius 1 is 0.923 bits per heavy atom. The van der Waals surface area contributed by atoms with E-state index in [1.165, 1.54) is 0 Å². The average Bonchev–Trinajstić information content (AvgIpc) is 2.65. The van der Waals surface area contributed by atoms with Gasteiger partial charge in [0.2, 0.25) is 5.91 Å². The van der Waals surface area contributed by atoms with Gasteiger partial charge in [0, 0.05) is 23.5 Å². The van der Waals surface area contributed by atoms with Crippen molar-refractivity contribution in [2.75, 3.05) is 5.32 Å². The molecule has 5 heteroatoms. The summed E-state index contributed by atoms with van der Waals surface area (Å²) >= 11 is 0. The summed E-state index contributed by atoms with van der Waals surface area (Å²) in [6, 6.07) is 14.8. The second kappa shape index (κ2) is 8.04. The number of aliphatic carboxylic acids is 1. The normalized spacial score (nSPS) is 19.6. The van der Waals surface area contributed by atoms with Crippen molar-refractivity contribution in [1.82, 2.24) is 0 Å². The van der Waals surface area contributed by atoms with Gasteiger partial charge >= 0.3 is 0 Å². The molecule has 0 bridgehead atoms. The second-order valence-electron chi connectivity index (χ2n) is 6.75. The Morgan fingerprint density at radius 3 is 2.04 bits per heavy atom. The second-order valence-corrected chi connectivity index (χ2v) is 6.75. The molecule has 1 saturated carbocycles. The number of carbonyl (C=O) groups excluding carboxylic acids is 2. The topological polar surface area (TPSA) is 78.5 Å². The number of carbonyl (C=O) groups is 2. The molecule has 26 heavy (non-hydrogen) atoms. The fraction of sp³-hybridized carbons (Fsp3) is 0.333. The van der Waals surface area contributed by atoms with Crippen LogP contribution in [0.3, 0.4) is 0 Å². The largest absolute Gasteiger partial charge is 0.550 e. The SMILES string of the molecule is Cc1ccc(Oc2ccc(NC(=O)[C@@H]3CCCC[C@@H]3C(=O)[O-])cc2)cc1. The summed E-state index contributed by atoms with van der Waals surface area (Å²) in [4.78, 5) is 23.7. The van der Waals surface area contributed by atoms with Crippen molar-refractivity contribution < 1.29 is 19.4 Å². The molecule has 136 valence electrons. The molecule has 0 unspecified atom stereocenters. The fourth-order valence-corrected chi connectivity index (χ4v) is 3.31. The number of carboxylic acid groups (broad SMARTS) is 1. The highest BCUT2D eigenvalue weighted by Crippen LogP contribution is 2.31. The first-order valence-electron chi connectivity index (χ1n) is 8.89. The van der Waals surface area contributed by atoms with Gasteiger partial charge in [0.05, 0.1) is 0 Å². The summed E-state index contributed by atoms with van der Waals surface area (Å²) < 4.78 is 5.76.